The molecule has 11 nitrogen and oxygen atoms in total. The van der Waals surface area contributed by atoms with Gasteiger partial charge in [-0.1, -0.05) is 28.8 Å². The van der Waals surface area contributed by atoms with Crippen molar-refractivity contribution in [2.45, 2.75) is 31.8 Å². The number of halogens is 1. The molecule has 0 saturated carbocycles. The van der Waals surface area contributed by atoms with Crippen LogP contribution >= 0.6 is 11.6 Å². The fourth-order valence-electron chi connectivity index (χ4n) is 3.65. The molecule has 3 aromatic rings. The average molecular weight is 482 g/mol. The maximum absolute atomic E-state index is 12.9. The van der Waals surface area contributed by atoms with Gasteiger partial charge in [-0.3, -0.25) is 9.36 Å². The molecule has 176 valence electrons. The summed E-state index contributed by atoms with van der Waals surface area (Å²) in [5, 5.41) is 10.3. The lowest BCUT2D eigenvalue weighted by atomic mass is 10.1. The van der Waals surface area contributed by atoms with Crippen molar-refractivity contribution in [2.75, 3.05) is 25.1 Å². The SMILES string of the molecule is Cc1cnc(NC2CCOCC2)nc1-n1cnc(C(=O)N[C@H](CN=[N+]=[N-])c2cccc(Cl)c2)c1. The Bertz CT molecular complexity index is 1200. The number of aryl methyl sites for hydroxylation is 1. The maximum Gasteiger partial charge on any atom is 0.271 e. The van der Waals surface area contributed by atoms with Crippen molar-refractivity contribution in [1.29, 1.82) is 0 Å². The second kappa shape index (κ2) is 11.0. The predicted octanol–water partition coefficient (Wildman–Crippen LogP) is 4.00. The van der Waals surface area contributed by atoms with E-state index in [-0.39, 0.29) is 18.3 Å². The first kappa shape index (κ1) is 23.5. The maximum atomic E-state index is 12.9. The highest BCUT2D eigenvalue weighted by molar-refractivity contribution is 6.30. The Kier molecular flexibility index (Phi) is 7.58. The van der Waals surface area contributed by atoms with Crippen LogP contribution in [0.4, 0.5) is 5.95 Å². The first-order chi connectivity index (χ1) is 16.5. The third-order valence-electron chi connectivity index (χ3n) is 5.44. The Morgan fingerprint density at radius 3 is 2.97 bits per heavy atom. The number of nitrogens with zero attached hydrogens (tertiary/aromatic N) is 7. The molecule has 4 rings (SSSR count). The molecule has 1 atom stereocenters. The molecule has 34 heavy (non-hydrogen) atoms. The third kappa shape index (κ3) is 5.82. The molecule has 0 radical (unpaired) electrons. The number of rotatable bonds is 8. The van der Waals surface area contributed by atoms with Crippen molar-refractivity contribution < 1.29 is 9.53 Å². The van der Waals surface area contributed by atoms with E-state index in [0.29, 0.717) is 30.0 Å². The number of benzene rings is 1. The Morgan fingerprint density at radius 1 is 1.38 bits per heavy atom. The monoisotopic (exact) mass is 481 g/mol. The molecule has 12 heteroatoms. The standard InChI is InChI=1S/C22H24ClN9O2/c1-14-10-25-22(28-17-5-7-34-8-6-17)30-20(14)32-12-19(26-13-32)21(33)29-18(11-27-31-24)15-3-2-4-16(23)9-15/h2-4,9-10,12-13,17-18H,5-8,11H2,1H3,(H,29,33)(H,25,28,30)/t18-/m1/s1. The summed E-state index contributed by atoms with van der Waals surface area (Å²) in [5.74, 6) is 0.725. The van der Waals surface area contributed by atoms with Crippen LogP contribution in [0.2, 0.25) is 5.02 Å². The minimum Gasteiger partial charge on any atom is -0.381 e. The van der Waals surface area contributed by atoms with E-state index in [4.69, 9.17) is 21.9 Å². The van der Waals surface area contributed by atoms with Crippen LogP contribution in [0.25, 0.3) is 16.3 Å². The number of carbonyl (C=O) groups excluding carboxylic acids is 1. The molecule has 1 aliphatic rings. The lowest BCUT2D eigenvalue weighted by Crippen LogP contribution is -2.30. The number of azide groups is 1. The molecule has 1 aromatic carbocycles. The molecule has 2 aromatic heterocycles. The number of carbonyl (C=O) groups is 1. The lowest BCUT2D eigenvalue weighted by molar-refractivity contribution is 0.0903. The molecule has 1 saturated heterocycles. The third-order valence-corrected chi connectivity index (χ3v) is 5.68. The highest BCUT2D eigenvalue weighted by Gasteiger charge is 2.19. The van der Waals surface area contributed by atoms with Gasteiger partial charge in [-0.2, -0.15) is 4.98 Å². The first-order valence-corrected chi connectivity index (χ1v) is 11.2. The van der Waals surface area contributed by atoms with E-state index in [0.717, 1.165) is 24.0 Å². The van der Waals surface area contributed by atoms with Gasteiger partial charge in [0.05, 0.1) is 12.6 Å². The van der Waals surface area contributed by atoms with Gasteiger partial charge in [-0.25, -0.2) is 9.97 Å². The van der Waals surface area contributed by atoms with E-state index in [9.17, 15) is 4.79 Å². The number of nitrogens with one attached hydrogen (secondary N) is 2. The summed E-state index contributed by atoms with van der Waals surface area (Å²) in [6.07, 6.45) is 6.66. The average Bonchev–Trinajstić information content (AvgIpc) is 3.34. The van der Waals surface area contributed by atoms with Crippen LogP contribution < -0.4 is 10.6 Å². The molecule has 0 unspecified atom stereocenters. The van der Waals surface area contributed by atoms with Gasteiger partial charge < -0.3 is 15.4 Å². The molecule has 1 amide bonds. The van der Waals surface area contributed by atoms with Crippen LogP contribution in [0.3, 0.4) is 0 Å². The molecular formula is C22H24ClN9O2. The summed E-state index contributed by atoms with van der Waals surface area (Å²) in [6, 6.07) is 6.73. The quantitative estimate of drug-likeness (QED) is 0.283. The van der Waals surface area contributed by atoms with Crippen LogP contribution in [-0.4, -0.2) is 51.2 Å². The number of aromatic nitrogens is 4. The van der Waals surface area contributed by atoms with Crippen molar-refractivity contribution in [1.82, 2.24) is 24.8 Å². The highest BCUT2D eigenvalue weighted by Crippen LogP contribution is 2.20. The number of imidazole rings is 1. The summed E-state index contributed by atoms with van der Waals surface area (Å²) < 4.78 is 7.08. The minimum atomic E-state index is -0.552. The second-order valence-corrected chi connectivity index (χ2v) is 8.33. The zero-order valence-electron chi connectivity index (χ0n) is 18.6. The summed E-state index contributed by atoms with van der Waals surface area (Å²) in [4.78, 5) is 29.0. The van der Waals surface area contributed by atoms with Gasteiger partial charge in [0.1, 0.15) is 17.8 Å². The van der Waals surface area contributed by atoms with E-state index in [1.54, 1.807) is 41.2 Å². The topological polar surface area (TPSA) is 143 Å². The second-order valence-electron chi connectivity index (χ2n) is 7.89. The summed E-state index contributed by atoms with van der Waals surface area (Å²) >= 11 is 6.08. The fraction of sp³-hybridized carbons (Fsp3) is 0.364. The van der Waals surface area contributed by atoms with Crippen molar-refractivity contribution >= 4 is 23.5 Å². The summed E-state index contributed by atoms with van der Waals surface area (Å²) in [6.45, 7) is 3.36. The van der Waals surface area contributed by atoms with Gasteiger partial charge in [0.15, 0.2) is 0 Å². The number of hydrogen-bond acceptors (Lipinski definition) is 7. The molecule has 1 fully saturated rings. The van der Waals surface area contributed by atoms with Crippen LogP contribution in [-0.2, 0) is 4.74 Å². The molecule has 3 heterocycles. The molecule has 0 aliphatic carbocycles. The predicted molar refractivity (Wildman–Crippen MR) is 127 cm³/mol. The van der Waals surface area contributed by atoms with E-state index in [1.165, 1.54) is 6.33 Å². The molecule has 0 spiro atoms. The van der Waals surface area contributed by atoms with Crippen molar-refractivity contribution in [3.63, 3.8) is 0 Å². The summed E-state index contributed by atoms with van der Waals surface area (Å²) in [7, 11) is 0. The van der Waals surface area contributed by atoms with E-state index >= 15 is 0 Å². The van der Waals surface area contributed by atoms with Crippen LogP contribution in [0.5, 0.6) is 0 Å². The molecule has 1 aliphatic heterocycles. The van der Waals surface area contributed by atoms with Crippen molar-refractivity contribution in [2.24, 2.45) is 5.11 Å². The van der Waals surface area contributed by atoms with Gasteiger partial charge in [-0.05, 0) is 43.0 Å². The van der Waals surface area contributed by atoms with Crippen LogP contribution in [0.15, 0.2) is 48.1 Å². The Hall–Kier alpha value is -3.66. The minimum absolute atomic E-state index is 0.0372. The molecule has 0 bridgehead atoms. The first-order valence-electron chi connectivity index (χ1n) is 10.8. The van der Waals surface area contributed by atoms with Crippen molar-refractivity contribution in [3.05, 3.63) is 75.3 Å². The number of hydrogen-bond donors (Lipinski definition) is 2. The Balaban J connectivity index is 1.51. The largest absolute Gasteiger partial charge is 0.381 e. The van der Waals surface area contributed by atoms with Crippen LogP contribution in [0.1, 0.15) is 40.5 Å². The van der Waals surface area contributed by atoms with Crippen molar-refractivity contribution in [3.8, 4) is 5.82 Å². The van der Waals surface area contributed by atoms with Gasteiger partial charge in [0.2, 0.25) is 5.95 Å². The Labute approximate surface area is 201 Å². The van der Waals surface area contributed by atoms with Gasteiger partial charge in [-0.15, -0.1) is 0 Å². The number of anilines is 1. The van der Waals surface area contributed by atoms with E-state index in [1.807, 2.05) is 6.92 Å². The molecule has 2 N–H and O–H groups in total. The molecular weight excluding hydrogens is 458 g/mol. The van der Waals surface area contributed by atoms with Gasteiger partial charge in [0, 0.05) is 47.1 Å². The zero-order chi connectivity index (χ0) is 23.9. The lowest BCUT2D eigenvalue weighted by Gasteiger charge is -2.23. The normalized spacial score (nSPS) is 14.8. The van der Waals surface area contributed by atoms with Crippen LogP contribution in [0, 0.1) is 6.92 Å². The van der Waals surface area contributed by atoms with E-state index < -0.39 is 11.9 Å². The fourth-order valence-corrected chi connectivity index (χ4v) is 3.85. The smallest absolute Gasteiger partial charge is 0.271 e. The van der Waals surface area contributed by atoms with E-state index in [2.05, 4.69) is 35.6 Å². The Morgan fingerprint density at radius 2 is 2.21 bits per heavy atom. The zero-order valence-corrected chi connectivity index (χ0v) is 19.3. The van der Waals surface area contributed by atoms with Gasteiger partial charge in [0.25, 0.3) is 5.91 Å². The summed E-state index contributed by atoms with van der Waals surface area (Å²) in [5.41, 5.74) is 10.5. The number of amides is 1. The highest BCUT2D eigenvalue weighted by atomic mass is 35.5. The number of ether oxygens (including phenoxy) is 1. The van der Waals surface area contributed by atoms with Gasteiger partial charge >= 0.3 is 0 Å².